The predicted octanol–water partition coefficient (Wildman–Crippen LogP) is 5.10. The smallest absolute Gasteiger partial charge is 0.338 e. The van der Waals surface area contributed by atoms with Crippen molar-refractivity contribution in [1.29, 1.82) is 0 Å². The quantitative estimate of drug-likeness (QED) is 0.742. The molecule has 0 aliphatic heterocycles. The number of rotatable bonds is 4. The Bertz CT molecular complexity index is 706. The molecule has 0 radical (unpaired) electrons. The fraction of sp³-hybridized carbons (Fsp3) is 0.200. The standard InChI is InChI=1S/C15H13BrClNO2S/c1-8-5-9(2)18-14(13(8)15(19)20)21-7-10-3-4-11(16)6-12(10)17/h3-6H,7H2,1-2H3,(H,19,20). The summed E-state index contributed by atoms with van der Waals surface area (Å²) >= 11 is 10.9. The monoisotopic (exact) mass is 385 g/mol. The molecule has 2 rings (SSSR count). The first-order chi connectivity index (χ1) is 9.88. The highest BCUT2D eigenvalue weighted by atomic mass is 79.9. The van der Waals surface area contributed by atoms with Crippen LogP contribution in [-0.2, 0) is 5.75 Å². The van der Waals surface area contributed by atoms with E-state index in [1.165, 1.54) is 11.8 Å². The SMILES string of the molecule is Cc1cc(C)c(C(=O)O)c(SCc2ccc(Br)cc2Cl)n1. The summed E-state index contributed by atoms with van der Waals surface area (Å²) in [5, 5.41) is 10.5. The topological polar surface area (TPSA) is 50.2 Å². The maximum atomic E-state index is 11.4. The molecule has 110 valence electrons. The minimum absolute atomic E-state index is 0.263. The number of nitrogens with zero attached hydrogens (tertiary/aromatic N) is 1. The van der Waals surface area contributed by atoms with Gasteiger partial charge < -0.3 is 5.11 Å². The van der Waals surface area contributed by atoms with E-state index in [1.54, 1.807) is 13.0 Å². The number of aromatic nitrogens is 1. The molecule has 0 saturated heterocycles. The first-order valence-electron chi connectivity index (χ1n) is 6.16. The number of carboxylic acids is 1. The molecule has 1 aromatic carbocycles. The van der Waals surface area contributed by atoms with Gasteiger partial charge in [0.2, 0.25) is 0 Å². The second-order valence-electron chi connectivity index (χ2n) is 4.59. The molecule has 0 bridgehead atoms. The molecule has 0 amide bonds. The van der Waals surface area contributed by atoms with E-state index in [4.69, 9.17) is 11.6 Å². The Labute approximate surface area is 140 Å². The second-order valence-corrected chi connectivity index (χ2v) is 6.88. The molecule has 0 saturated carbocycles. The van der Waals surface area contributed by atoms with E-state index >= 15 is 0 Å². The van der Waals surface area contributed by atoms with E-state index in [9.17, 15) is 9.90 Å². The summed E-state index contributed by atoms with van der Waals surface area (Å²) in [5.74, 6) is -0.383. The maximum absolute atomic E-state index is 11.4. The van der Waals surface area contributed by atoms with Crippen molar-refractivity contribution in [1.82, 2.24) is 4.98 Å². The van der Waals surface area contributed by atoms with Crippen LogP contribution in [0.15, 0.2) is 33.8 Å². The average molecular weight is 387 g/mol. The molecular weight excluding hydrogens is 374 g/mol. The van der Waals surface area contributed by atoms with Crippen LogP contribution >= 0.6 is 39.3 Å². The second kappa shape index (κ2) is 6.81. The van der Waals surface area contributed by atoms with Crippen LogP contribution in [-0.4, -0.2) is 16.1 Å². The number of aryl methyl sites for hydroxylation is 2. The molecule has 1 aromatic heterocycles. The number of aromatic carboxylic acids is 1. The molecule has 0 unspecified atom stereocenters. The third-order valence-electron chi connectivity index (χ3n) is 2.90. The van der Waals surface area contributed by atoms with Gasteiger partial charge in [0.05, 0.1) is 5.56 Å². The molecule has 1 heterocycles. The molecule has 3 nitrogen and oxygen atoms in total. The Morgan fingerprint density at radius 3 is 2.71 bits per heavy atom. The molecule has 1 N–H and O–H groups in total. The lowest BCUT2D eigenvalue weighted by atomic mass is 10.1. The lowest BCUT2D eigenvalue weighted by Gasteiger charge is -2.10. The van der Waals surface area contributed by atoms with Gasteiger partial charge in [0.15, 0.2) is 0 Å². The van der Waals surface area contributed by atoms with Crippen molar-refractivity contribution in [3.63, 3.8) is 0 Å². The summed E-state index contributed by atoms with van der Waals surface area (Å²) in [5.41, 5.74) is 2.74. The van der Waals surface area contributed by atoms with Gasteiger partial charge in [0.25, 0.3) is 0 Å². The molecular formula is C15H13BrClNO2S. The lowest BCUT2D eigenvalue weighted by Crippen LogP contribution is -2.05. The van der Waals surface area contributed by atoms with Gasteiger partial charge in [-0.1, -0.05) is 33.6 Å². The molecule has 0 atom stereocenters. The number of thioether (sulfide) groups is 1. The summed E-state index contributed by atoms with van der Waals surface area (Å²) in [4.78, 5) is 15.7. The predicted molar refractivity (Wildman–Crippen MR) is 89.4 cm³/mol. The third kappa shape index (κ3) is 3.99. The first-order valence-corrected chi connectivity index (χ1v) is 8.32. The minimum Gasteiger partial charge on any atom is -0.478 e. The van der Waals surface area contributed by atoms with Crippen molar-refractivity contribution in [3.8, 4) is 0 Å². The van der Waals surface area contributed by atoms with Crippen molar-refractivity contribution in [2.45, 2.75) is 24.6 Å². The maximum Gasteiger partial charge on any atom is 0.338 e. The molecule has 6 heteroatoms. The molecule has 0 aliphatic carbocycles. The van der Waals surface area contributed by atoms with Crippen LogP contribution in [0.5, 0.6) is 0 Å². The molecule has 2 aromatic rings. The van der Waals surface area contributed by atoms with Crippen molar-refractivity contribution in [3.05, 3.63) is 56.1 Å². The number of pyridine rings is 1. The number of carbonyl (C=O) groups is 1. The highest BCUT2D eigenvalue weighted by Gasteiger charge is 2.16. The van der Waals surface area contributed by atoms with Crippen LogP contribution in [0.3, 0.4) is 0 Å². The Balaban J connectivity index is 2.29. The van der Waals surface area contributed by atoms with Gasteiger partial charge in [-0.15, -0.1) is 11.8 Å². The number of hydrogen-bond acceptors (Lipinski definition) is 3. The Morgan fingerprint density at radius 1 is 1.38 bits per heavy atom. The highest BCUT2D eigenvalue weighted by Crippen LogP contribution is 2.30. The van der Waals surface area contributed by atoms with Gasteiger partial charge in [-0.25, -0.2) is 9.78 Å². The number of hydrogen-bond donors (Lipinski definition) is 1. The van der Waals surface area contributed by atoms with Gasteiger partial charge in [-0.2, -0.15) is 0 Å². The average Bonchev–Trinajstić information content (AvgIpc) is 2.36. The van der Waals surface area contributed by atoms with Gasteiger partial charge in [0, 0.05) is 20.9 Å². The number of benzene rings is 1. The van der Waals surface area contributed by atoms with Crippen LogP contribution < -0.4 is 0 Å². The molecule has 0 aliphatic rings. The largest absolute Gasteiger partial charge is 0.478 e. The zero-order valence-electron chi connectivity index (χ0n) is 11.5. The van der Waals surface area contributed by atoms with Gasteiger partial charge in [0.1, 0.15) is 5.03 Å². The molecule has 21 heavy (non-hydrogen) atoms. The van der Waals surface area contributed by atoms with E-state index in [-0.39, 0.29) is 5.56 Å². The minimum atomic E-state index is -0.954. The fourth-order valence-corrected chi connectivity index (χ4v) is 3.92. The highest BCUT2D eigenvalue weighted by molar-refractivity contribution is 9.10. The van der Waals surface area contributed by atoms with Crippen molar-refractivity contribution in [2.75, 3.05) is 0 Å². The molecule has 0 fully saturated rings. The van der Waals surface area contributed by atoms with E-state index in [0.29, 0.717) is 15.8 Å². The first kappa shape index (κ1) is 16.3. The number of halogens is 2. The number of carboxylic acid groups (broad SMARTS) is 1. The van der Waals surface area contributed by atoms with Crippen LogP contribution in [0.25, 0.3) is 0 Å². The summed E-state index contributed by atoms with van der Waals surface area (Å²) in [6.07, 6.45) is 0. The van der Waals surface area contributed by atoms with Crippen molar-refractivity contribution < 1.29 is 9.90 Å². The van der Waals surface area contributed by atoms with Crippen LogP contribution in [0.4, 0.5) is 0 Å². The van der Waals surface area contributed by atoms with Crippen molar-refractivity contribution >= 4 is 45.3 Å². The summed E-state index contributed by atoms with van der Waals surface area (Å²) < 4.78 is 0.914. The fourth-order valence-electron chi connectivity index (χ4n) is 1.95. The summed E-state index contributed by atoms with van der Waals surface area (Å²) in [7, 11) is 0. The summed E-state index contributed by atoms with van der Waals surface area (Å²) in [6, 6.07) is 7.43. The van der Waals surface area contributed by atoms with E-state index in [2.05, 4.69) is 20.9 Å². The molecule has 0 spiro atoms. The van der Waals surface area contributed by atoms with Gasteiger partial charge in [-0.05, 0) is 43.2 Å². The third-order valence-corrected chi connectivity index (χ3v) is 4.77. The van der Waals surface area contributed by atoms with Crippen molar-refractivity contribution in [2.24, 2.45) is 0 Å². The normalized spacial score (nSPS) is 10.7. The summed E-state index contributed by atoms with van der Waals surface area (Å²) in [6.45, 7) is 3.64. The van der Waals surface area contributed by atoms with E-state index in [0.717, 1.165) is 21.3 Å². The van der Waals surface area contributed by atoms with E-state index < -0.39 is 5.97 Å². The van der Waals surface area contributed by atoms with Crippen LogP contribution in [0, 0.1) is 13.8 Å². The Kier molecular flexibility index (Phi) is 5.30. The van der Waals surface area contributed by atoms with E-state index in [1.807, 2.05) is 25.1 Å². The van der Waals surface area contributed by atoms with Crippen LogP contribution in [0.2, 0.25) is 5.02 Å². The van der Waals surface area contributed by atoms with Gasteiger partial charge >= 0.3 is 5.97 Å². The lowest BCUT2D eigenvalue weighted by molar-refractivity contribution is 0.0691. The Morgan fingerprint density at radius 2 is 2.10 bits per heavy atom. The Hall–Kier alpha value is -1.04. The zero-order valence-corrected chi connectivity index (χ0v) is 14.6. The zero-order chi connectivity index (χ0) is 15.6. The van der Waals surface area contributed by atoms with Crippen LogP contribution in [0.1, 0.15) is 27.2 Å². The van der Waals surface area contributed by atoms with Gasteiger partial charge in [-0.3, -0.25) is 0 Å².